The summed E-state index contributed by atoms with van der Waals surface area (Å²) >= 11 is 0. The largest absolute Gasteiger partial charge is 0.491 e. The van der Waals surface area contributed by atoms with E-state index < -0.39 is 10.0 Å². The van der Waals surface area contributed by atoms with Gasteiger partial charge >= 0.3 is 0 Å². The number of hydrogen-bond acceptors (Lipinski definition) is 8. The van der Waals surface area contributed by atoms with Crippen molar-refractivity contribution in [3.8, 4) is 16.9 Å². The molecule has 1 fully saturated rings. The lowest BCUT2D eigenvalue weighted by Gasteiger charge is -2.33. The Balaban J connectivity index is 1.34. The number of ether oxygens (including phenoxy) is 1. The van der Waals surface area contributed by atoms with Crippen LogP contribution in [0, 0.1) is 5.41 Å². The van der Waals surface area contributed by atoms with E-state index in [-0.39, 0.29) is 16.1 Å². The van der Waals surface area contributed by atoms with Crippen LogP contribution in [-0.2, 0) is 29.4 Å². The molecule has 200 valence electrons. The Bertz CT molecular complexity index is 1480. The molecule has 0 unspecified atom stereocenters. The quantitative estimate of drug-likeness (QED) is 0.537. The SMILES string of the molecule is CC1(C)CCc2ncnc(N3CCOc4ccc(-c5cnc(N)c(S(=O)(=O)N6CCCC6)c5)cc4C3)c2C1. The molecule has 2 aromatic heterocycles. The molecule has 0 bridgehead atoms. The highest BCUT2D eigenvalue weighted by Crippen LogP contribution is 2.39. The molecule has 9 nitrogen and oxygen atoms in total. The lowest BCUT2D eigenvalue weighted by atomic mass is 9.76. The van der Waals surface area contributed by atoms with Gasteiger partial charge in [0.1, 0.15) is 35.2 Å². The summed E-state index contributed by atoms with van der Waals surface area (Å²) in [4.78, 5) is 15.9. The third-order valence-electron chi connectivity index (χ3n) is 7.94. The zero-order chi connectivity index (χ0) is 26.5. The van der Waals surface area contributed by atoms with Gasteiger partial charge in [0.2, 0.25) is 10.0 Å². The molecule has 2 aliphatic heterocycles. The Hall–Kier alpha value is -3.24. The standard InChI is InChI=1S/C28H34N6O3S/c1-28(2)8-7-23-22(15-28)27(32-18-31-23)33-11-12-37-24-6-5-19(13-21(24)17-33)20-14-25(26(29)30-16-20)38(35,36)34-9-3-4-10-34/h5-6,13-14,16,18H,3-4,7-12,15,17H2,1-2H3,(H2,29,30). The van der Waals surface area contributed by atoms with Crippen LogP contribution in [0.1, 0.15) is 49.9 Å². The van der Waals surface area contributed by atoms with Crippen LogP contribution in [0.5, 0.6) is 5.75 Å². The first-order valence-corrected chi connectivity index (χ1v) is 14.7. The summed E-state index contributed by atoms with van der Waals surface area (Å²) in [6, 6.07) is 7.61. The fourth-order valence-electron chi connectivity index (χ4n) is 5.77. The van der Waals surface area contributed by atoms with Gasteiger partial charge in [-0.15, -0.1) is 0 Å². The van der Waals surface area contributed by atoms with E-state index in [4.69, 9.17) is 15.5 Å². The number of aryl methyl sites for hydroxylation is 1. The van der Waals surface area contributed by atoms with E-state index in [0.29, 0.717) is 31.8 Å². The minimum atomic E-state index is -3.69. The van der Waals surface area contributed by atoms with Crippen LogP contribution in [0.2, 0.25) is 0 Å². The lowest BCUT2D eigenvalue weighted by molar-refractivity contribution is 0.310. The molecule has 0 radical (unpaired) electrons. The Kier molecular flexibility index (Phi) is 6.26. The van der Waals surface area contributed by atoms with Crippen molar-refractivity contribution < 1.29 is 13.2 Å². The molecule has 10 heteroatoms. The van der Waals surface area contributed by atoms with Crippen molar-refractivity contribution in [2.75, 3.05) is 36.9 Å². The molecule has 3 aromatic rings. The second-order valence-corrected chi connectivity index (χ2v) is 13.2. The third kappa shape index (κ3) is 4.60. The molecule has 0 spiro atoms. The molecule has 4 heterocycles. The van der Waals surface area contributed by atoms with E-state index in [0.717, 1.165) is 67.0 Å². The Morgan fingerprint density at radius 3 is 2.66 bits per heavy atom. The van der Waals surface area contributed by atoms with E-state index in [1.165, 1.54) is 9.87 Å². The summed E-state index contributed by atoms with van der Waals surface area (Å²) in [5.74, 6) is 1.84. The number of nitrogen functional groups attached to an aromatic ring is 1. The zero-order valence-electron chi connectivity index (χ0n) is 22.0. The van der Waals surface area contributed by atoms with Crippen LogP contribution < -0.4 is 15.4 Å². The predicted octanol–water partition coefficient (Wildman–Crippen LogP) is 3.82. The van der Waals surface area contributed by atoms with Crippen molar-refractivity contribution >= 4 is 21.7 Å². The van der Waals surface area contributed by atoms with Crippen molar-refractivity contribution in [1.82, 2.24) is 19.3 Å². The fraction of sp³-hybridized carbons (Fsp3) is 0.464. The van der Waals surface area contributed by atoms with Crippen molar-refractivity contribution in [2.24, 2.45) is 5.41 Å². The highest BCUT2D eigenvalue weighted by molar-refractivity contribution is 7.89. The Labute approximate surface area is 224 Å². The van der Waals surface area contributed by atoms with Gasteiger partial charge in [-0.1, -0.05) is 19.9 Å². The van der Waals surface area contributed by atoms with Gasteiger partial charge in [-0.2, -0.15) is 4.31 Å². The van der Waals surface area contributed by atoms with Crippen molar-refractivity contribution in [2.45, 2.75) is 57.4 Å². The molecule has 6 rings (SSSR count). The van der Waals surface area contributed by atoms with Crippen LogP contribution in [0.3, 0.4) is 0 Å². The zero-order valence-corrected chi connectivity index (χ0v) is 22.8. The van der Waals surface area contributed by atoms with Gasteiger partial charge in [0.05, 0.1) is 6.54 Å². The molecule has 1 aromatic carbocycles. The summed E-state index contributed by atoms with van der Waals surface area (Å²) in [5.41, 5.74) is 11.2. The minimum absolute atomic E-state index is 0.0291. The van der Waals surface area contributed by atoms with Gasteiger partial charge in [0, 0.05) is 48.2 Å². The summed E-state index contributed by atoms with van der Waals surface area (Å²) in [5, 5.41) is 0. The number of rotatable bonds is 4. The lowest BCUT2D eigenvalue weighted by Crippen LogP contribution is -2.31. The molecule has 3 aliphatic rings. The summed E-state index contributed by atoms with van der Waals surface area (Å²) in [6.07, 6.45) is 8.08. The molecule has 1 saturated heterocycles. The van der Waals surface area contributed by atoms with E-state index in [9.17, 15) is 8.42 Å². The first kappa shape index (κ1) is 25.1. The monoisotopic (exact) mass is 534 g/mol. The van der Waals surface area contributed by atoms with Gasteiger partial charge < -0.3 is 15.4 Å². The first-order valence-electron chi connectivity index (χ1n) is 13.3. The van der Waals surface area contributed by atoms with Gasteiger partial charge in [-0.25, -0.2) is 23.4 Å². The smallest absolute Gasteiger partial charge is 0.246 e. The average Bonchev–Trinajstić information content (AvgIpc) is 3.36. The van der Waals surface area contributed by atoms with E-state index >= 15 is 0 Å². The second-order valence-electron chi connectivity index (χ2n) is 11.3. The number of pyridine rings is 1. The van der Waals surface area contributed by atoms with Crippen molar-refractivity contribution in [1.29, 1.82) is 0 Å². The number of hydrogen-bond donors (Lipinski definition) is 1. The Morgan fingerprint density at radius 1 is 1.03 bits per heavy atom. The third-order valence-corrected chi connectivity index (χ3v) is 9.87. The van der Waals surface area contributed by atoms with Gasteiger partial charge in [0.15, 0.2) is 0 Å². The number of fused-ring (bicyclic) bond motifs is 2. The Morgan fingerprint density at radius 2 is 1.84 bits per heavy atom. The van der Waals surface area contributed by atoms with Crippen LogP contribution in [0.15, 0.2) is 41.7 Å². The van der Waals surface area contributed by atoms with Crippen LogP contribution in [-0.4, -0.2) is 53.9 Å². The summed E-state index contributed by atoms with van der Waals surface area (Å²) in [7, 11) is -3.69. The highest BCUT2D eigenvalue weighted by atomic mass is 32.2. The van der Waals surface area contributed by atoms with E-state index in [1.54, 1.807) is 18.6 Å². The van der Waals surface area contributed by atoms with E-state index in [2.05, 4.69) is 34.8 Å². The molecule has 0 saturated carbocycles. The van der Waals surface area contributed by atoms with Gasteiger partial charge in [-0.05, 0) is 61.3 Å². The normalized spacial score (nSPS) is 19.4. The summed E-state index contributed by atoms with van der Waals surface area (Å²) < 4.78 is 34.1. The fourth-order valence-corrected chi connectivity index (χ4v) is 7.38. The van der Waals surface area contributed by atoms with Crippen molar-refractivity contribution in [3.05, 3.63) is 53.6 Å². The summed E-state index contributed by atoms with van der Waals surface area (Å²) in [6.45, 7) is 7.54. The predicted molar refractivity (Wildman–Crippen MR) is 146 cm³/mol. The second kappa shape index (κ2) is 9.50. The average molecular weight is 535 g/mol. The molecule has 0 atom stereocenters. The van der Waals surface area contributed by atoms with Crippen LogP contribution in [0.25, 0.3) is 11.1 Å². The van der Waals surface area contributed by atoms with Gasteiger partial charge in [0.25, 0.3) is 0 Å². The molecular formula is C28H34N6O3S. The maximum Gasteiger partial charge on any atom is 0.246 e. The molecule has 1 aliphatic carbocycles. The molecular weight excluding hydrogens is 500 g/mol. The number of nitrogens with zero attached hydrogens (tertiary/aromatic N) is 5. The molecule has 2 N–H and O–H groups in total. The maximum absolute atomic E-state index is 13.2. The van der Waals surface area contributed by atoms with Gasteiger partial charge in [-0.3, -0.25) is 0 Å². The highest BCUT2D eigenvalue weighted by Gasteiger charge is 2.32. The topological polar surface area (TPSA) is 115 Å². The van der Waals surface area contributed by atoms with Crippen molar-refractivity contribution in [3.63, 3.8) is 0 Å². The molecule has 0 amide bonds. The van der Waals surface area contributed by atoms with E-state index in [1.807, 2.05) is 12.1 Å². The first-order chi connectivity index (χ1) is 18.2. The van der Waals surface area contributed by atoms with Crippen LogP contribution in [0.4, 0.5) is 11.6 Å². The maximum atomic E-state index is 13.2. The number of nitrogens with two attached hydrogens (primary N) is 1. The number of benzene rings is 1. The number of sulfonamides is 1. The molecule has 38 heavy (non-hydrogen) atoms. The number of anilines is 2. The van der Waals surface area contributed by atoms with Crippen LogP contribution >= 0.6 is 0 Å². The number of aromatic nitrogens is 3. The minimum Gasteiger partial charge on any atom is -0.491 e.